The van der Waals surface area contributed by atoms with Crippen LogP contribution in [0.2, 0.25) is 0 Å². The van der Waals surface area contributed by atoms with E-state index in [1.54, 1.807) is 6.07 Å². The van der Waals surface area contributed by atoms with Crippen molar-refractivity contribution in [3.05, 3.63) is 46.4 Å². The molecule has 25 heavy (non-hydrogen) atoms. The lowest BCUT2D eigenvalue weighted by Gasteiger charge is -2.03. The molecular formula is C15H14N6O4. The quantitative estimate of drug-likeness (QED) is 0.684. The lowest BCUT2D eigenvalue weighted by molar-refractivity contribution is -0.122. The third-order valence-corrected chi connectivity index (χ3v) is 3.72. The Morgan fingerprint density at radius 3 is 3.00 bits per heavy atom. The molecule has 4 rings (SSSR count). The second-order valence-electron chi connectivity index (χ2n) is 5.70. The summed E-state index contributed by atoms with van der Waals surface area (Å²) in [6.45, 7) is -0.143. The molecule has 3 heterocycles. The highest BCUT2D eigenvalue weighted by atomic mass is 16.5. The van der Waals surface area contributed by atoms with E-state index in [4.69, 9.17) is 9.05 Å². The number of nitrogens with zero attached hydrogens (tertiary/aromatic N) is 5. The molecule has 3 aromatic rings. The van der Waals surface area contributed by atoms with Gasteiger partial charge in [-0.25, -0.2) is 4.68 Å². The maximum absolute atomic E-state index is 11.9. The molecule has 1 amide bonds. The first-order valence-electron chi connectivity index (χ1n) is 7.77. The van der Waals surface area contributed by atoms with Gasteiger partial charge in [0.1, 0.15) is 12.3 Å². The van der Waals surface area contributed by atoms with Gasteiger partial charge in [0.25, 0.3) is 5.56 Å². The lowest BCUT2D eigenvalue weighted by Crippen LogP contribution is -2.32. The van der Waals surface area contributed by atoms with Gasteiger partial charge in [-0.15, -0.1) is 0 Å². The van der Waals surface area contributed by atoms with Gasteiger partial charge in [-0.05, 0) is 18.9 Å². The first-order chi connectivity index (χ1) is 12.2. The van der Waals surface area contributed by atoms with Crippen LogP contribution in [-0.4, -0.2) is 31.0 Å². The van der Waals surface area contributed by atoms with Gasteiger partial charge in [0, 0.05) is 24.2 Å². The van der Waals surface area contributed by atoms with E-state index in [0.717, 1.165) is 23.3 Å². The summed E-state index contributed by atoms with van der Waals surface area (Å²) in [7, 11) is 0. The van der Waals surface area contributed by atoms with Crippen molar-refractivity contribution in [3.8, 4) is 11.5 Å². The van der Waals surface area contributed by atoms with Crippen LogP contribution in [0.5, 0.6) is 0 Å². The highest BCUT2D eigenvalue weighted by molar-refractivity contribution is 5.75. The molecule has 1 aliphatic rings. The molecule has 10 heteroatoms. The number of rotatable bonds is 6. The van der Waals surface area contributed by atoms with Gasteiger partial charge < -0.3 is 14.4 Å². The van der Waals surface area contributed by atoms with Crippen molar-refractivity contribution in [1.29, 1.82) is 0 Å². The van der Waals surface area contributed by atoms with Crippen LogP contribution in [0.1, 0.15) is 30.4 Å². The van der Waals surface area contributed by atoms with Crippen molar-refractivity contribution in [2.24, 2.45) is 0 Å². The first-order valence-corrected chi connectivity index (χ1v) is 7.77. The summed E-state index contributed by atoms with van der Waals surface area (Å²) in [5, 5.41) is 14.2. The molecule has 128 valence electrons. The zero-order valence-corrected chi connectivity index (χ0v) is 13.1. The Balaban J connectivity index is 1.35. The minimum absolute atomic E-state index is 0.0424. The van der Waals surface area contributed by atoms with Crippen molar-refractivity contribution in [3.63, 3.8) is 0 Å². The third kappa shape index (κ3) is 3.47. The number of hydrogen-bond donors (Lipinski definition) is 1. The molecular weight excluding hydrogens is 328 g/mol. The van der Waals surface area contributed by atoms with E-state index in [1.165, 1.54) is 18.3 Å². The normalized spacial score (nSPS) is 13.8. The van der Waals surface area contributed by atoms with Crippen LogP contribution in [0.25, 0.3) is 11.5 Å². The smallest absolute Gasteiger partial charge is 0.267 e. The van der Waals surface area contributed by atoms with Crippen LogP contribution in [0, 0.1) is 0 Å². The van der Waals surface area contributed by atoms with Crippen molar-refractivity contribution in [2.75, 3.05) is 0 Å². The van der Waals surface area contributed by atoms with Crippen molar-refractivity contribution >= 4 is 5.91 Å². The van der Waals surface area contributed by atoms with Crippen LogP contribution in [0.3, 0.4) is 0 Å². The fraction of sp³-hybridized carbons (Fsp3) is 0.333. The van der Waals surface area contributed by atoms with E-state index in [9.17, 15) is 9.59 Å². The van der Waals surface area contributed by atoms with Gasteiger partial charge in [0.2, 0.25) is 17.6 Å². The van der Waals surface area contributed by atoms with E-state index in [-0.39, 0.29) is 24.5 Å². The third-order valence-electron chi connectivity index (χ3n) is 3.72. The monoisotopic (exact) mass is 342 g/mol. The van der Waals surface area contributed by atoms with E-state index in [1.807, 2.05) is 0 Å². The zero-order valence-electron chi connectivity index (χ0n) is 13.1. The summed E-state index contributed by atoms with van der Waals surface area (Å²) in [5.41, 5.74) is 0.151. The maximum Gasteiger partial charge on any atom is 0.267 e. The lowest BCUT2D eigenvalue weighted by atomic mass is 10.3. The predicted molar refractivity (Wildman–Crippen MR) is 82.1 cm³/mol. The van der Waals surface area contributed by atoms with E-state index < -0.39 is 5.91 Å². The van der Waals surface area contributed by atoms with Crippen molar-refractivity contribution in [2.45, 2.75) is 31.8 Å². The SMILES string of the molecule is O=C(Cn1ncccc1=O)NCc1nc(-c2cc(C3CC3)on2)no1. The standard InChI is InChI=1S/C15H14N6O4/c22-12(8-21-14(23)2-1-5-17-21)16-7-13-18-15(20-25-13)10-6-11(24-19-10)9-3-4-9/h1-2,5-6,9H,3-4,7-8H2,(H,16,22). The molecule has 1 saturated carbocycles. The molecule has 1 aliphatic carbocycles. The average molecular weight is 342 g/mol. The minimum atomic E-state index is -0.391. The largest absolute Gasteiger partial charge is 0.360 e. The van der Waals surface area contributed by atoms with Gasteiger partial charge >= 0.3 is 0 Å². The highest BCUT2D eigenvalue weighted by Gasteiger charge is 2.28. The average Bonchev–Trinajstić information content (AvgIpc) is 3.16. The van der Waals surface area contributed by atoms with Gasteiger partial charge in [-0.1, -0.05) is 10.3 Å². The molecule has 0 bridgehead atoms. The first kappa shape index (κ1) is 15.2. The van der Waals surface area contributed by atoms with Gasteiger partial charge in [-0.2, -0.15) is 10.1 Å². The van der Waals surface area contributed by atoms with E-state index in [0.29, 0.717) is 17.4 Å². The summed E-state index contributed by atoms with van der Waals surface area (Å²) in [4.78, 5) is 27.6. The van der Waals surface area contributed by atoms with Crippen LogP contribution in [-0.2, 0) is 17.9 Å². The topological polar surface area (TPSA) is 129 Å². The molecule has 0 atom stereocenters. The number of aromatic nitrogens is 5. The molecule has 0 saturated heterocycles. The van der Waals surface area contributed by atoms with Crippen LogP contribution in [0.15, 0.2) is 38.2 Å². The molecule has 3 aromatic heterocycles. The molecule has 0 aliphatic heterocycles. The summed E-state index contributed by atoms with van der Waals surface area (Å²) >= 11 is 0. The summed E-state index contributed by atoms with van der Waals surface area (Å²) in [5.74, 6) is 1.42. The second-order valence-corrected chi connectivity index (χ2v) is 5.70. The van der Waals surface area contributed by atoms with Crippen LogP contribution >= 0.6 is 0 Å². The molecule has 0 radical (unpaired) electrons. The van der Waals surface area contributed by atoms with E-state index >= 15 is 0 Å². The fourth-order valence-corrected chi connectivity index (χ4v) is 2.26. The Morgan fingerprint density at radius 1 is 1.32 bits per heavy atom. The Hall–Kier alpha value is -3.30. The van der Waals surface area contributed by atoms with Crippen molar-refractivity contribution in [1.82, 2.24) is 30.4 Å². The van der Waals surface area contributed by atoms with Crippen molar-refractivity contribution < 1.29 is 13.8 Å². The predicted octanol–water partition coefficient (Wildman–Crippen LogP) is 0.475. The van der Waals surface area contributed by atoms with Crippen LogP contribution < -0.4 is 10.9 Å². The van der Waals surface area contributed by atoms with Gasteiger partial charge in [0.15, 0.2) is 5.69 Å². The van der Waals surface area contributed by atoms with Crippen LogP contribution in [0.4, 0.5) is 0 Å². The Bertz CT molecular complexity index is 955. The molecule has 1 fully saturated rings. The summed E-state index contributed by atoms with van der Waals surface area (Å²) in [6.07, 6.45) is 3.65. The Kier molecular flexibility index (Phi) is 3.84. The minimum Gasteiger partial charge on any atom is -0.360 e. The number of nitrogens with one attached hydrogen (secondary N) is 1. The van der Waals surface area contributed by atoms with Gasteiger partial charge in [0.05, 0.1) is 6.54 Å². The molecule has 0 aromatic carbocycles. The fourth-order valence-electron chi connectivity index (χ4n) is 2.26. The van der Waals surface area contributed by atoms with E-state index in [2.05, 4.69) is 25.7 Å². The molecule has 0 unspecified atom stereocenters. The zero-order chi connectivity index (χ0) is 17.2. The Morgan fingerprint density at radius 2 is 2.20 bits per heavy atom. The summed E-state index contributed by atoms with van der Waals surface area (Å²) < 4.78 is 11.4. The molecule has 1 N–H and O–H groups in total. The number of amides is 1. The number of carbonyl (C=O) groups excluding carboxylic acids is 1. The Labute approximate surface area is 140 Å². The number of hydrogen-bond acceptors (Lipinski definition) is 8. The number of carbonyl (C=O) groups is 1. The highest BCUT2D eigenvalue weighted by Crippen LogP contribution is 2.40. The second kappa shape index (κ2) is 6.30. The summed E-state index contributed by atoms with van der Waals surface area (Å²) in [6, 6.07) is 4.64. The molecule has 0 spiro atoms. The maximum atomic E-state index is 11.9. The van der Waals surface area contributed by atoms with Gasteiger partial charge in [-0.3, -0.25) is 9.59 Å². The molecule has 10 nitrogen and oxygen atoms in total.